The second-order valence-corrected chi connectivity index (χ2v) is 5.01. The number of hydrogen-bond donors (Lipinski definition) is 1. The Morgan fingerprint density at radius 2 is 2.12 bits per heavy atom. The van der Waals surface area contributed by atoms with Crippen molar-refractivity contribution in [2.75, 3.05) is 0 Å². The Labute approximate surface area is 102 Å². The summed E-state index contributed by atoms with van der Waals surface area (Å²) >= 11 is 0. The first-order valence-electron chi connectivity index (χ1n) is 6.23. The standard InChI is InChI=1S/C15H18O2/c1-10(2)12-6-4-3-5-7-13(15(12)17)14(16)11-8-9-11/h6,10-11,17H,4,7-9H2,1-2H3/b12-6-,15-13-. The molecule has 17 heavy (non-hydrogen) atoms. The lowest BCUT2D eigenvalue weighted by atomic mass is 9.92. The van der Waals surface area contributed by atoms with Gasteiger partial charge in [-0.15, -0.1) is 0 Å². The van der Waals surface area contributed by atoms with Crippen LogP contribution < -0.4 is 0 Å². The number of aliphatic hydroxyl groups excluding tert-OH is 1. The number of Topliss-reactive ketones (excluding diaryl/α,β-unsaturated/α-hetero) is 1. The second kappa shape index (κ2) is 4.79. The molecule has 0 saturated heterocycles. The van der Waals surface area contributed by atoms with Gasteiger partial charge >= 0.3 is 0 Å². The van der Waals surface area contributed by atoms with Crippen LogP contribution >= 0.6 is 0 Å². The van der Waals surface area contributed by atoms with E-state index in [4.69, 9.17) is 0 Å². The fraction of sp³-hybridized carbons (Fsp3) is 0.533. The van der Waals surface area contributed by atoms with E-state index in [0.29, 0.717) is 18.4 Å². The molecule has 2 aliphatic rings. The first-order chi connectivity index (χ1) is 8.11. The van der Waals surface area contributed by atoms with E-state index in [1.807, 2.05) is 19.9 Å². The van der Waals surface area contributed by atoms with Crippen LogP contribution in [0.15, 0.2) is 23.0 Å². The molecule has 0 atom stereocenters. The van der Waals surface area contributed by atoms with E-state index in [0.717, 1.165) is 18.4 Å². The molecule has 0 spiro atoms. The van der Waals surface area contributed by atoms with E-state index in [9.17, 15) is 9.90 Å². The van der Waals surface area contributed by atoms with Crippen LogP contribution in [0.25, 0.3) is 0 Å². The molecule has 1 N–H and O–H groups in total. The van der Waals surface area contributed by atoms with Crippen LogP contribution in [0.3, 0.4) is 0 Å². The van der Waals surface area contributed by atoms with Gasteiger partial charge < -0.3 is 5.11 Å². The molecule has 0 aliphatic heterocycles. The van der Waals surface area contributed by atoms with E-state index in [1.165, 1.54) is 0 Å². The lowest BCUT2D eigenvalue weighted by Gasteiger charge is -2.15. The van der Waals surface area contributed by atoms with Gasteiger partial charge in [0.05, 0.1) is 0 Å². The summed E-state index contributed by atoms with van der Waals surface area (Å²) in [4.78, 5) is 12.1. The van der Waals surface area contributed by atoms with Gasteiger partial charge in [0.15, 0.2) is 5.78 Å². The average molecular weight is 230 g/mol. The van der Waals surface area contributed by atoms with Crippen LogP contribution in [0.1, 0.15) is 39.5 Å². The van der Waals surface area contributed by atoms with Crippen LogP contribution in [-0.4, -0.2) is 10.9 Å². The summed E-state index contributed by atoms with van der Waals surface area (Å²) in [7, 11) is 0. The summed E-state index contributed by atoms with van der Waals surface area (Å²) in [5, 5.41) is 10.3. The van der Waals surface area contributed by atoms with Crippen molar-refractivity contribution < 1.29 is 9.90 Å². The van der Waals surface area contributed by atoms with Gasteiger partial charge in [-0.05, 0) is 24.3 Å². The highest BCUT2D eigenvalue weighted by Gasteiger charge is 2.33. The number of carbonyl (C=O) groups excluding carboxylic acids is 1. The van der Waals surface area contributed by atoms with Gasteiger partial charge in [-0.1, -0.05) is 31.8 Å². The molecule has 0 unspecified atom stereocenters. The Kier molecular flexibility index (Phi) is 3.38. The van der Waals surface area contributed by atoms with Crippen molar-refractivity contribution in [3.05, 3.63) is 23.0 Å². The fourth-order valence-corrected chi connectivity index (χ4v) is 2.04. The Bertz CT molecular complexity index is 451. The minimum Gasteiger partial charge on any atom is -0.507 e. The monoisotopic (exact) mass is 230 g/mol. The van der Waals surface area contributed by atoms with E-state index in [2.05, 4.69) is 11.8 Å². The SMILES string of the molecule is CC(C)C1=C/CC#CC/C(C(=O)C2CC2)=C\1O. The zero-order chi connectivity index (χ0) is 12.4. The summed E-state index contributed by atoms with van der Waals surface area (Å²) in [6.45, 7) is 4.05. The summed E-state index contributed by atoms with van der Waals surface area (Å²) in [5.41, 5.74) is 1.39. The van der Waals surface area contributed by atoms with Gasteiger partial charge in [0.1, 0.15) is 5.76 Å². The minimum atomic E-state index is 0.102. The molecule has 2 heteroatoms. The largest absolute Gasteiger partial charge is 0.507 e. The number of aliphatic hydroxyl groups is 1. The first kappa shape index (κ1) is 12.0. The Morgan fingerprint density at radius 1 is 1.41 bits per heavy atom. The first-order valence-corrected chi connectivity index (χ1v) is 6.23. The average Bonchev–Trinajstić information content (AvgIpc) is 3.06. The number of ketones is 1. The molecule has 0 aromatic heterocycles. The van der Waals surface area contributed by atoms with Crippen LogP contribution in [0.2, 0.25) is 0 Å². The summed E-state index contributed by atoms with van der Waals surface area (Å²) in [6, 6.07) is 0. The van der Waals surface area contributed by atoms with E-state index in [-0.39, 0.29) is 23.4 Å². The van der Waals surface area contributed by atoms with Crippen molar-refractivity contribution >= 4 is 5.78 Å². The van der Waals surface area contributed by atoms with Gasteiger partial charge in [-0.3, -0.25) is 4.79 Å². The molecule has 2 aliphatic carbocycles. The third kappa shape index (κ3) is 2.61. The van der Waals surface area contributed by atoms with Crippen LogP contribution in [-0.2, 0) is 4.79 Å². The highest BCUT2D eigenvalue weighted by atomic mass is 16.3. The Balaban J connectivity index is 2.38. The molecular weight excluding hydrogens is 212 g/mol. The zero-order valence-electron chi connectivity index (χ0n) is 10.4. The molecular formula is C15H18O2. The zero-order valence-corrected chi connectivity index (χ0v) is 10.4. The highest BCUT2D eigenvalue weighted by molar-refractivity contribution is 6.00. The van der Waals surface area contributed by atoms with Crippen molar-refractivity contribution in [3.63, 3.8) is 0 Å². The van der Waals surface area contributed by atoms with Gasteiger partial charge in [0, 0.05) is 24.3 Å². The third-order valence-electron chi connectivity index (χ3n) is 3.24. The second-order valence-electron chi connectivity index (χ2n) is 5.01. The van der Waals surface area contributed by atoms with Crippen LogP contribution in [0.4, 0.5) is 0 Å². The summed E-state index contributed by atoms with van der Waals surface area (Å²) < 4.78 is 0. The molecule has 0 radical (unpaired) electrons. The third-order valence-corrected chi connectivity index (χ3v) is 3.24. The molecule has 0 aromatic rings. The number of allylic oxidation sites excluding steroid dienone is 3. The maximum absolute atomic E-state index is 12.1. The predicted octanol–water partition coefficient (Wildman–Crippen LogP) is 3.16. The van der Waals surface area contributed by atoms with Crippen molar-refractivity contribution in [3.8, 4) is 11.8 Å². The predicted molar refractivity (Wildman–Crippen MR) is 67.3 cm³/mol. The maximum atomic E-state index is 12.1. The number of carbonyl (C=O) groups is 1. The molecule has 2 rings (SSSR count). The van der Waals surface area contributed by atoms with Crippen molar-refractivity contribution in [2.45, 2.75) is 39.5 Å². The van der Waals surface area contributed by atoms with Gasteiger partial charge in [-0.25, -0.2) is 0 Å². The van der Waals surface area contributed by atoms with E-state index < -0.39 is 0 Å². The Morgan fingerprint density at radius 3 is 2.71 bits per heavy atom. The van der Waals surface area contributed by atoms with Crippen LogP contribution in [0, 0.1) is 23.7 Å². The van der Waals surface area contributed by atoms with E-state index in [1.54, 1.807) is 0 Å². The number of rotatable bonds is 3. The number of hydrogen-bond acceptors (Lipinski definition) is 2. The Hall–Kier alpha value is -1.49. The molecule has 0 amide bonds. The van der Waals surface area contributed by atoms with Crippen molar-refractivity contribution in [1.29, 1.82) is 0 Å². The van der Waals surface area contributed by atoms with Gasteiger partial charge in [0.2, 0.25) is 0 Å². The lowest BCUT2D eigenvalue weighted by Crippen LogP contribution is -2.11. The normalized spacial score (nSPS) is 27.6. The summed E-state index contributed by atoms with van der Waals surface area (Å²) in [5.74, 6) is 6.62. The maximum Gasteiger partial charge on any atom is 0.166 e. The molecule has 1 fully saturated rings. The highest BCUT2D eigenvalue weighted by Crippen LogP contribution is 2.35. The topological polar surface area (TPSA) is 37.3 Å². The molecule has 0 aromatic carbocycles. The minimum absolute atomic E-state index is 0.102. The lowest BCUT2D eigenvalue weighted by molar-refractivity contribution is -0.116. The summed E-state index contributed by atoms with van der Waals surface area (Å²) in [6.07, 6.45) is 4.91. The fourth-order valence-electron chi connectivity index (χ4n) is 2.04. The molecule has 0 bridgehead atoms. The van der Waals surface area contributed by atoms with E-state index >= 15 is 0 Å². The molecule has 2 nitrogen and oxygen atoms in total. The van der Waals surface area contributed by atoms with Gasteiger partial charge in [0.25, 0.3) is 0 Å². The van der Waals surface area contributed by atoms with Crippen molar-refractivity contribution in [2.24, 2.45) is 11.8 Å². The molecule has 0 heterocycles. The van der Waals surface area contributed by atoms with Gasteiger partial charge in [-0.2, -0.15) is 0 Å². The smallest absolute Gasteiger partial charge is 0.166 e. The van der Waals surface area contributed by atoms with Crippen molar-refractivity contribution in [1.82, 2.24) is 0 Å². The molecule has 90 valence electrons. The quantitative estimate of drug-likeness (QED) is 0.756. The molecule has 1 saturated carbocycles. The van der Waals surface area contributed by atoms with Crippen LogP contribution in [0.5, 0.6) is 0 Å².